The molecule has 4 saturated carbocycles. The molecule has 2 heterocycles. The zero-order valence-corrected chi connectivity index (χ0v) is 18.4. The summed E-state index contributed by atoms with van der Waals surface area (Å²) < 4.78 is 7.16. The maximum Gasteiger partial charge on any atom is 0.116 e. The van der Waals surface area contributed by atoms with E-state index in [-0.39, 0.29) is 11.5 Å². The van der Waals surface area contributed by atoms with Gasteiger partial charge in [0.15, 0.2) is 0 Å². The van der Waals surface area contributed by atoms with Crippen LogP contribution in [0.25, 0.3) is 0 Å². The van der Waals surface area contributed by atoms with Gasteiger partial charge in [0.2, 0.25) is 0 Å². The van der Waals surface area contributed by atoms with Gasteiger partial charge < -0.3 is 14.3 Å². The minimum absolute atomic E-state index is 0.0884. The molecule has 0 amide bonds. The molecule has 2 saturated heterocycles. The monoisotopic (exact) mass is 388 g/mol. The highest BCUT2D eigenvalue weighted by molar-refractivity contribution is 5.14. The van der Waals surface area contributed by atoms with Crippen LogP contribution in [0.15, 0.2) is 0 Å². The van der Waals surface area contributed by atoms with Gasteiger partial charge in [-0.05, 0) is 86.9 Å². The summed E-state index contributed by atoms with van der Waals surface area (Å²) in [5.74, 6) is 3.38. The number of fused-ring (bicyclic) bond motifs is 6. The third-order valence-electron chi connectivity index (χ3n) is 11.5. The molecule has 28 heavy (non-hydrogen) atoms. The first-order valence-electron chi connectivity index (χ1n) is 12.5. The van der Waals surface area contributed by atoms with Crippen LogP contribution < -0.4 is 0 Å². The molecule has 4 aliphatic carbocycles. The van der Waals surface area contributed by atoms with Crippen molar-refractivity contribution in [1.29, 1.82) is 0 Å². The third kappa shape index (κ3) is 2.39. The van der Waals surface area contributed by atoms with Crippen LogP contribution in [0.4, 0.5) is 0 Å². The Morgan fingerprint density at radius 3 is 2.46 bits per heavy atom. The SMILES string of the molecule is C[C@]12C[C@H]3O[C@H]3C[C@@H]1CC[C@@H]1[C@@H]2CC[C@]2(C)[C@H](O)[C@@H]([N+]3(C)CCCCC3)C[C@@H]12. The maximum absolute atomic E-state index is 11.7. The Labute approximate surface area is 171 Å². The van der Waals surface area contributed by atoms with Crippen molar-refractivity contribution in [3.05, 3.63) is 0 Å². The molecule has 0 bridgehead atoms. The second-order valence-electron chi connectivity index (χ2n) is 12.6. The van der Waals surface area contributed by atoms with Gasteiger partial charge in [-0.1, -0.05) is 13.8 Å². The number of hydrogen-bond donors (Lipinski definition) is 1. The van der Waals surface area contributed by atoms with E-state index in [4.69, 9.17) is 4.74 Å². The van der Waals surface area contributed by atoms with E-state index < -0.39 is 0 Å². The fourth-order valence-corrected chi connectivity index (χ4v) is 9.67. The molecule has 3 nitrogen and oxygen atoms in total. The zero-order valence-electron chi connectivity index (χ0n) is 18.4. The van der Waals surface area contributed by atoms with Crippen LogP contribution in [-0.4, -0.2) is 54.1 Å². The maximum atomic E-state index is 11.7. The van der Waals surface area contributed by atoms with Crippen molar-refractivity contribution in [2.45, 2.75) is 102 Å². The quantitative estimate of drug-likeness (QED) is 0.534. The molecule has 6 fully saturated rings. The Hall–Kier alpha value is -0.120. The Balaban J connectivity index is 1.29. The summed E-state index contributed by atoms with van der Waals surface area (Å²) in [6.07, 6.45) is 14.6. The van der Waals surface area contributed by atoms with Gasteiger partial charge in [-0.15, -0.1) is 0 Å². The third-order valence-corrected chi connectivity index (χ3v) is 11.5. The van der Waals surface area contributed by atoms with E-state index in [9.17, 15) is 5.11 Å². The number of hydrogen-bond acceptors (Lipinski definition) is 2. The van der Waals surface area contributed by atoms with Crippen molar-refractivity contribution in [1.82, 2.24) is 0 Å². The lowest BCUT2D eigenvalue weighted by Crippen LogP contribution is -2.59. The standard InChI is InChI=1S/C25H42NO2/c1-24-10-9-18-17(8-7-16-13-21-22(28-21)15-25(16,18)2)19(24)14-20(23(24)27)26(3)11-5-4-6-12-26/h16-23,27H,4-15H2,1-3H3/q+1/t16-,17+,18-,19-,20-,21-,22+,23+,24-,25-/m0/s1. The van der Waals surface area contributed by atoms with Crippen LogP contribution in [0.5, 0.6) is 0 Å². The smallest absolute Gasteiger partial charge is 0.116 e. The predicted molar refractivity (Wildman–Crippen MR) is 111 cm³/mol. The lowest BCUT2D eigenvalue weighted by Gasteiger charge is -2.59. The van der Waals surface area contributed by atoms with Crippen molar-refractivity contribution >= 4 is 0 Å². The molecule has 0 unspecified atom stereocenters. The summed E-state index contributed by atoms with van der Waals surface area (Å²) in [6.45, 7) is 7.69. The molecule has 0 spiro atoms. The van der Waals surface area contributed by atoms with Crippen LogP contribution in [-0.2, 0) is 4.74 Å². The fraction of sp³-hybridized carbons (Fsp3) is 1.00. The molecule has 158 valence electrons. The molecule has 0 aromatic carbocycles. The first-order valence-corrected chi connectivity index (χ1v) is 12.5. The van der Waals surface area contributed by atoms with Crippen LogP contribution in [0.2, 0.25) is 0 Å². The Morgan fingerprint density at radius 2 is 1.68 bits per heavy atom. The number of aliphatic hydroxyl groups excluding tert-OH is 1. The summed E-state index contributed by atoms with van der Waals surface area (Å²) in [7, 11) is 2.47. The second kappa shape index (κ2) is 5.98. The molecule has 0 aromatic heterocycles. The van der Waals surface area contributed by atoms with Crippen molar-refractivity contribution in [3.8, 4) is 0 Å². The van der Waals surface area contributed by atoms with Gasteiger partial charge in [0.05, 0.1) is 32.3 Å². The topological polar surface area (TPSA) is 32.8 Å². The van der Waals surface area contributed by atoms with Gasteiger partial charge in [-0.25, -0.2) is 0 Å². The lowest BCUT2D eigenvalue weighted by atomic mass is 9.45. The number of nitrogens with zero attached hydrogens (tertiary/aromatic N) is 1. The highest BCUT2D eigenvalue weighted by Gasteiger charge is 2.66. The minimum Gasteiger partial charge on any atom is -0.386 e. The van der Waals surface area contributed by atoms with E-state index in [1.54, 1.807) is 0 Å². The van der Waals surface area contributed by atoms with E-state index in [0.29, 0.717) is 23.7 Å². The second-order valence-corrected chi connectivity index (χ2v) is 12.6. The number of likely N-dealkylation sites (N-methyl/N-ethyl adjacent to an activating group) is 1. The van der Waals surface area contributed by atoms with E-state index in [1.807, 2.05) is 0 Å². The molecule has 0 radical (unpaired) electrons. The molecular formula is C25H42NO2+. The lowest BCUT2D eigenvalue weighted by molar-refractivity contribution is -0.940. The average Bonchev–Trinajstić information content (AvgIpc) is 3.35. The number of aliphatic hydroxyl groups is 1. The van der Waals surface area contributed by atoms with Crippen molar-refractivity contribution < 1.29 is 14.3 Å². The minimum atomic E-state index is -0.0884. The predicted octanol–water partition coefficient (Wildman–Crippen LogP) is 4.38. The van der Waals surface area contributed by atoms with E-state index in [1.165, 1.54) is 77.3 Å². The van der Waals surface area contributed by atoms with E-state index in [2.05, 4.69) is 20.9 Å². The Morgan fingerprint density at radius 1 is 0.893 bits per heavy atom. The van der Waals surface area contributed by atoms with Crippen molar-refractivity contribution in [3.63, 3.8) is 0 Å². The molecule has 0 aromatic rings. The van der Waals surface area contributed by atoms with Gasteiger partial charge >= 0.3 is 0 Å². The number of piperidine rings is 1. The number of ether oxygens (including phenoxy) is 1. The Bertz CT molecular complexity index is 644. The van der Waals surface area contributed by atoms with Gasteiger partial charge in [0.25, 0.3) is 0 Å². The normalized spacial score (nSPS) is 59.6. The van der Waals surface area contributed by atoms with Gasteiger partial charge in [-0.3, -0.25) is 0 Å². The molecule has 2 aliphatic heterocycles. The van der Waals surface area contributed by atoms with Crippen molar-refractivity contribution in [2.75, 3.05) is 20.1 Å². The summed E-state index contributed by atoms with van der Waals surface area (Å²) in [4.78, 5) is 0. The largest absolute Gasteiger partial charge is 0.386 e. The van der Waals surface area contributed by atoms with Gasteiger partial charge in [-0.2, -0.15) is 0 Å². The molecule has 1 N–H and O–H groups in total. The van der Waals surface area contributed by atoms with Crippen LogP contribution >= 0.6 is 0 Å². The summed E-state index contributed by atoms with van der Waals surface area (Å²) in [5, 5.41) is 11.7. The molecular weight excluding hydrogens is 346 g/mol. The highest BCUT2D eigenvalue weighted by Crippen LogP contribution is 2.68. The summed E-state index contributed by atoms with van der Waals surface area (Å²) >= 11 is 0. The van der Waals surface area contributed by atoms with Gasteiger partial charge in [0, 0.05) is 11.8 Å². The summed E-state index contributed by atoms with van der Waals surface area (Å²) in [5.41, 5.74) is 0.676. The number of quaternary nitrogens is 1. The number of epoxide rings is 1. The molecule has 3 heteroatoms. The van der Waals surface area contributed by atoms with Crippen molar-refractivity contribution in [2.24, 2.45) is 34.5 Å². The van der Waals surface area contributed by atoms with Crippen LogP contribution in [0, 0.1) is 34.5 Å². The molecule has 6 aliphatic rings. The first kappa shape index (κ1) is 18.6. The first-order chi connectivity index (χ1) is 13.4. The molecule has 6 rings (SSSR count). The zero-order chi connectivity index (χ0) is 19.3. The number of likely N-dealkylation sites (tertiary alicyclic amines) is 1. The van der Waals surface area contributed by atoms with Crippen LogP contribution in [0.1, 0.15) is 78.1 Å². The Kier molecular flexibility index (Phi) is 3.98. The summed E-state index contributed by atoms with van der Waals surface area (Å²) in [6, 6.07) is 0.488. The van der Waals surface area contributed by atoms with E-state index in [0.717, 1.165) is 28.2 Å². The van der Waals surface area contributed by atoms with Crippen LogP contribution in [0.3, 0.4) is 0 Å². The van der Waals surface area contributed by atoms with Gasteiger partial charge in [0.1, 0.15) is 12.1 Å². The molecule has 10 atom stereocenters. The average molecular weight is 389 g/mol. The highest BCUT2D eigenvalue weighted by atomic mass is 16.6. The van der Waals surface area contributed by atoms with E-state index >= 15 is 0 Å². The number of rotatable bonds is 1. The fourth-order valence-electron chi connectivity index (χ4n) is 9.67.